The molecule has 6 heteroatoms. The standard InChI is InChI=1S/C17H18N2O4/c1-10-6-7-11(17(22)23)9-19(10)16(21)13-8-15(20)18-14-5-3-2-4-12(13)14/h2-5,8,10-11H,6-7,9H2,1H3,(H,18,20)(H,22,23). The van der Waals surface area contributed by atoms with Gasteiger partial charge < -0.3 is 15.0 Å². The van der Waals surface area contributed by atoms with Crippen LogP contribution in [-0.4, -0.2) is 39.5 Å². The van der Waals surface area contributed by atoms with Crippen LogP contribution in [0.15, 0.2) is 35.1 Å². The predicted molar refractivity (Wildman–Crippen MR) is 85.4 cm³/mol. The van der Waals surface area contributed by atoms with Crippen molar-refractivity contribution in [3.05, 3.63) is 46.2 Å². The molecule has 0 spiro atoms. The fourth-order valence-electron chi connectivity index (χ4n) is 3.13. The highest BCUT2D eigenvalue weighted by molar-refractivity contribution is 6.06. The van der Waals surface area contributed by atoms with Crippen LogP contribution >= 0.6 is 0 Å². The number of benzene rings is 1. The minimum absolute atomic E-state index is 0.0452. The zero-order valence-electron chi connectivity index (χ0n) is 12.8. The number of hydrogen-bond acceptors (Lipinski definition) is 3. The number of aromatic amines is 1. The second-order valence-corrected chi connectivity index (χ2v) is 6.01. The van der Waals surface area contributed by atoms with Gasteiger partial charge in [0.25, 0.3) is 5.91 Å². The Hall–Kier alpha value is -2.63. The molecule has 1 fully saturated rings. The number of fused-ring (bicyclic) bond motifs is 1. The number of likely N-dealkylation sites (tertiary alicyclic amines) is 1. The summed E-state index contributed by atoms with van der Waals surface area (Å²) in [4.78, 5) is 40.3. The maximum absolute atomic E-state index is 12.9. The molecule has 1 aliphatic rings. The van der Waals surface area contributed by atoms with E-state index in [1.165, 1.54) is 6.07 Å². The summed E-state index contributed by atoms with van der Waals surface area (Å²) in [6.45, 7) is 2.09. The van der Waals surface area contributed by atoms with Crippen molar-refractivity contribution in [2.75, 3.05) is 6.54 Å². The van der Waals surface area contributed by atoms with E-state index in [0.29, 0.717) is 29.3 Å². The Bertz CT molecular complexity index is 827. The minimum atomic E-state index is -0.884. The number of pyridine rings is 1. The number of para-hydroxylation sites is 1. The number of carbonyl (C=O) groups is 2. The minimum Gasteiger partial charge on any atom is -0.481 e. The van der Waals surface area contributed by atoms with E-state index in [4.69, 9.17) is 0 Å². The molecule has 3 rings (SSSR count). The quantitative estimate of drug-likeness (QED) is 0.885. The van der Waals surface area contributed by atoms with Crippen molar-refractivity contribution in [1.29, 1.82) is 0 Å². The third-order valence-electron chi connectivity index (χ3n) is 4.47. The molecule has 1 aliphatic heterocycles. The van der Waals surface area contributed by atoms with Gasteiger partial charge in [0, 0.05) is 29.6 Å². The lowest BCUT2D eigenvalue weighted by Gasteiger charge is -2.36. The molecule has 0 saturated carbocycles. The van der Waals surface area contributed by atoms with Gasteiger partial charge in [-0.1, -0.05) is 18.2 Å². The molecular weight excluding hydrogens is 296 g/mol. The second kappa shape index (κ2) is 5.87. The maximum atomic E-state index is 12.9. The van der Waals surface area contributed by atoms with Crippen LogP contribution < -0.4 is 5.56 Å². The fraction of sp³-hybridized carbons (Fsp3) is 0.353. The molecule has 0 radical (unpaired) electrons. The molecule has 2 heterocycles. The van der Waals surface area contributed by atoms with Crippen molar-refractivity contribution in [2.45, 2.75) is 25.8 Å². The van der Waals surface area contributed by atoms with Gasteiger partial charge in [0.2, 0.25) is 5.56 Å². The predicted octanol–water partition coefficient (Wildman–Crippen LogP) is 1.85. The Morgan fingerprint density at radius 2 is 2.00 bits per heavy atom. The van der Waals surface area contributed by atoms with Crippen LogP contribution in [0.3, 0.4) is 0 Å². The van der Waals surface area contributed by atoms with Crippen molar-refractivity contribution in [2.24, 2.45) is 5.92 Å². The lowest BCUT2D eigenvalue weighted by Crippen LogP contribution is -2.47. The number of nitrogens with one attached hydrogen (secondary N) is 1. The molecule has 2 atom stereocenters. The highest BCUT2D eigenvalue weighted by Gasteiger charge is 2.33. The van der Waals surface area contributed by atoms with Crippen LogP contribution in [0.25, 0.3) is 10.9 Å². The van der Waals surface area contributed by atoms with Gasteiger partial charge in [0.1, 0.15) is 0 Å². The van der Waals surface area contributed by atoms with Crippen LogP contribution in [0.1, 0.15) is 30.1 Å². The number of carboxylic acid groups (broad SMARTS) is 1. The largest absolute Gasteiger partial charge is 0.481 e. The molecule has 2 unspecified atom stereocenters. The monoisotopic (exact) mass is 314 g/mol. The fourth-order valence-corrected chi connectivity index (χ4v) is 3.13. The summed E-state index contributed by atoms with van der Waals surface area (Å²) in [5, 5.41) is 9.89. The van der Waals surface area contributed by atoms with Crippen molar-refractivity contribution in [3.8, 4) is 0 Å². The number of aromatic nitrogens is 1. The summed E-state index contributed by atoms with van der Waals surface area (Å²) in [5.74, 6) is -1.72. The van der Waals surface area contributed by atoms with Crippen molar-refractivity contribution < 1.29 is 14.7 Å². The lowest BCUT2D eigenvalue weighted by atomic mass is 9.92. The van der Waals surface area contributed by atoms with Gasteiger partial charge in [-0.2, -0.15) is 0 Å². The van der Waals surface area contributed by atoms with E-state index in [2.05, 4.69) is 4.98 Å². The van der Waals surface area contributed by atoms with Crippen LogP contribution in [0.2, 0.25) is 0 Å². The molecule has 1 aromatic carbocycles. The van der Waals surface area contributed by atoms with E-state index in [1.807, 2.05) is 6.92 Å². The van der Waals surface area contributed by atoms with Gasteiger partial charge in [-0.25, -0.2) is 0 Å². The van der Waals surface area contributed by atoms with Crippen LogP contribution in [0.5, 0.6) is 0 Å². The lowest BCUT2D eigenvalue weighted by molar-refractivity contribution is -0.143. The molecule has 2 N–H and O–H groups in total. The smallest absolute Gasteiger partial charge is 0.308 e. The molecule has 23 heavy (non-hydrogen) atoms. The van der Waals surface area contributed by atoms with Gasteiger partial charge in [-0.05, 0) is 25.8 Å². The number of nitrogens with zero attached hydrogens (tertiary/aromatic N) is 1. The number of hydrogen-bond donors (Lipinski definition) is 2. The van der Waals surface area contributed by atoms with E-state index in [1.54, 1.807) is 29.2 Å². The molecule has 6 nitrogen and oxygen atoms in total. The Morgan fingerprint density at radius 1 is 1.26 bits per heavy atom. The Morgan fingerprint density at radius 3 is 2.74 bits per heavy atom. The van der Waals surface area contributed by atoms with Crippen LogP contribution in [-0.2, 0) is 4.79 Å². The molecule has 1 saturated heterocycles. The Kier molecular flexibility index (Phi) is 3.90. The second-order valence-electron chi connectivity index (χ2n) is 6.01. The van der Waals surface area contributed by atoms with Crippen molar-refractivity contribution in [1.82, 2.24) is 9.88 Å². The number of carboxylic acids is 1. The van der Waals surface area contributed by atoms with Gasteiger partial charge in [-0.3, -0.25) is 14.4 Å². The Balaban J connectivity index is 2.02. The van der Waals surface area contributed by atoms with Crippen molar-refractivity contribution in [3.63, 3.8) is 0 Å². The molecule has 0 bridgehead atoms. The number of amides is 1. The molecule has 120 valence electrons. The number of carbonyl (C=O) groups excluding carboxylic acids is 1. The number of aliphatic carboxylic acids is 1. The van der Waals surface area contributed by atoms with Crippen LogP contribution in [0.4, 0.5) is 0 Å². The molecule has 1 aromatic heterocycles. The summed E-state index contributed by atoms with van der Waals surface area (Å²) >= 11 is 0. The van der Waals surface area contributed by atoms with Gasteiger partial charge in [0.05, 0.1) is 11.5 Å². The average Bonchev–Trinajstić information content (AvgIpc) is 2.53. The third-order valence-corrected chi connectivity index (χ3v) is 4.47. The first-order valence-electron chi connectivity index (χ1n) is 7.63. The first-order chi connectivity index (χ1) is 11.0. The van der Waals surface area contributed by atoms with E-state index in [0.717, 1.165) is 0 Å². The summed E-state index contributed by atoms with van der Waals surface area (Å²) in [6.07, 6.45) is 1.21. The van der Waals surface area contributed by atoms with Gasteiger partial charge in [0.15, 0.2) is 0 Å². The Labute approximate surface area is 132 Å². The maximum Gasteiger partial charge on any atom is 0.308 e. The highest BCUT2D eigenvalue weighted by Crippen LogP contribution is 2.25. The zero-order chi connectivity index (χ0) is 16.6. The summed E-state index contributed by atoms with van der Waals surface area (Å²) in [7, 11) is 0. The molecule has 1 amide bonds. The normalized spacial score (nSPS) is 21.3. The average molecular weight is 314 g/mol. The first-order valence-corrected chi connectivity index (χ1v) is 7.63. The SMILES string of the molecule is CC1CCC(C(=O)O)CN1C(=O)c1cc(=O)[nH]c2ccccc12. The van der Waals surface area contributed by atoms with Gasteiger partial charge >= 0.3 is 5.97 Å². The number of rotatable bonds is 2. The van der Waals surface area contributed by atoms with Crippen molar-refractivity contribution >= 4 is 22.8 Å². The number of piperidine rings is 1. The zero-order valence-corrected chi connectivity index (χ0v) is 12.8. The third kappa shape index (κ3) is 2.84. The number of H-pyrrole nitrogens is 1. The van der Waals surface area contributed by atoms with E-state index in [9.17, 15) is 19.5 Å². The first kappa shape index (κ1) is 15.3. The summed E-state index contributed by atoms with van der Waals surface area (Å²) in [5.41, 5.74) is 0.580. The van der Waals surface area contributed by atoms with Crippen LogP contribution in [0, 0.1) is 5.92 Å². The molecule has 0 aliphatic carbocycles. The highest BCUT2D eigenvalue weighted by atomic mass is 16.4. The van der Waals surface area contributed by atoms with E-state index < -0.39 is 11.9 Å². The van der Waals surface area contributed by atoms with E-state index in [-0.39, 0.29) is 24.1 Å². The van der Waals surface area contributed by atoms with Gasteiger partial charge in [-0.15, -0.1) is 0 Å². The topological polar surface area (TPSA) is 90.5 Å². The summed E-state index contributed by atoms with van der Waals surface area (Å²) in [6, 6.07) is 8.36. The van der Waals surface area contributed by atoms with E-state index >= 15 is 0 Å². The molecular formula is C17H18N2O4. The molecule has 2 aromatic rings. The summed E-state index contributed by atoms with van der Waals surface area (Å²) < 4.78 is 0.